The number of imidazole rings is 1. The highest BCUT2D eigenvalue weighted by molar-refractivity contribution is 5.93. The van der Waals surface area contributed by atoms with Gasteiger partial charge in [-0.2, -0.15) is 0 Å². The third-order valence-corrected chi connectivity index (χ3v) is 3.61. The lowest BCUT2D eigenvalue weighted by Crippen LogP contribution is -2.14. The van der Waals surface area contributed by atoms with Gasteiger partial charge in [-0.3, -0.25) is 4.79 Å². The van der Waals surface area contributed by atoms with Gasteiger partial charge in [-0.1, -0.05) is 6.07 Å². The van der Waals surface area contributed by atoms with Crippen LogP contribution in [0.15, 0.2) is 47.3 Å². The van der Waals surface area contributed by atoms with E-state index in [0.717, 1.165) is 22.5 Å². The van der Waals surface area contributed by atoms with Crippen molar-refractivity contribution in [1.29, 1.82) is 0 Å². The van der Waals surface area contributed by atoms with Crippen LogP contribution in [0.1, 0.15) is 5.56 Å². The van der Waals surface area contributed by atoms with Crippen LogP contribution in [0.2, 0.25) is 0 Å². The Morgan fingerprint density at radius 2 is 1.74 bits per heavy atom. The van der Waals surface area contributed by atoms with Crippen LogP contribution < -0.4 is 15.9 Å². The Kier molecular flexibility index (Phi) is 3.89. The second kappa shape index (κ2) is 6.00. The first kappa shape index (κ1) is 14.9. The predicted molar refractivity (Wildman–Crippen MR) is 92.0 cm³/mol. The summed E-state index contributed by atoms with van der Waals surface area (Å²) in [6, 6.07) is 13.1. The van der Waals surface area contributed by atoms with Gasteiger partial charge in [0.1, 0.15) is 0 Å². The molecule has 3 rings (SSSR count). The molecule has 118 valence electrons. The molecule has 1 heterocycles. The number of aromatic nitrogens is 2. The molecule has 6 nitrogen and oxygen atoms in total. The lowest BCUT2D eigenvalue weighted by atomic mass is 10.1. The number of hydrogen-bond donors (Lipinski definition) is 3. The van der Waals surface area contributed by atoms with Crippen LogP contribution in [0.3, 0.4) is 0 Å². The van der Waals surface area contributed by atoms with Crippen molar-refractivity contribution in [2.45, 2.75) is 6.42 Å². The van der Waals surface area contributed by atoms with Crippen molar-refractivity contribution >= 4 is 28.3 Å². The lowest BCUT2D eigenvalue weighted by molar-refractivity contribution is -0.115. The molecule has 0 aliphatic carbocycles. The van der Waals surface area contributed by atoms with Gasteiger partial charge in [0, 0.05) is 25.5 Å². The summed E-state index contributed by atoms with van der Waals surface area (Å²) in [5.41, 5.74) is 3.87. The molecule has 0 aliphatic rings. The molecule has 0 spiro atoms. The highest BCUT2D eigenvalue weighted by Crippen LogP contribution is 2.16. The summed E-state index contributed by atoms with van der Waals surface area (Å²) >= 11 is 0. The third-order valence-electron chi connectivity index (χ3n) is 3.61. The number of nitrogens with zero attached hydrogens (tertiary/aromatic N) is 1. The summed E-state index contributed by atoms with van der Waals surface area (Å²) in [5, 5.41) is 2.87. The number of fused-ring (bicyclic) bond motifs is 1. The van der Waals surface area contributed by atoms with Crippen molar-refractivity contribution in [2.75, 3.05) is 24.3 Å². The first-order valence-electron chi connectivity index (χ1n) is 7.29. The van der Waals surface area contributed by atoms with Crippen LogP contribution in [0.4, 0.5) is 11.4 Å². The summed E-state index contributed by atoms with van der Waals surface area (Å²) in [5.74, 6) is -0.0974. The van der Waals surface area contributed by atoms with E-state index in [1.54, 1.807) is 6.07 Å². The van der Waals surface area contributed by atoms with Gasteiger partial charge in [0.2, 0.25) is 5.91 Å². The largest absolute Gasteiger partial charge is 0.378 e. The molecule has 0 aliphatic heterocycles. The number of H-pyrrole nitrogens is 2. The molecule has 1 aromatic heterocycles. The van der Waals surface area contributed by atoms with Crippen molar-refractivity contribution < 1.29 is 4.79 Å². The van der Waals surface area contributed by atoms with Crippen LogP contribution in [0, 0.1) is 0 Å². The second-order valence-electron chi connectivity index (χ2n) is 5.63. The van der Waals surface area contributed by atoms with Gasteiger partial charge in [0.15, 0.2) is 0 Å². The molecular formula is C17H18N4O2. The van der Waals surface area contributed by atoms with E-state index in [4.69, 9.17) is 0 Å². The monoisotopic (exact) mass is 310 g/mol. The van der Waals surface area contributed by atoms with Gasteiger partial charge in [-0.25, -0.2) is 4.79 Å². The van der Waals surface area contributed by atoms with Crippen molar-refractivity contribution in [1.82, 2.24) is 9.97 Å². The number of carbonyl (C=O) groups excluding carboxylic acids is 1. The molecular weight excluding hydrogens is 292 g/mol. The van der Waals surface area contributed by atoms with Crippen molar-refractivity contribution in [3.63, 3.8) is 0 Å². The number of aromatic amines is 2. The normalized spacial score (nSPS) is 10.7. The molecule has 23 heavy (non-hydrogen) atoms. The minimum absolute atomic E-state index is 0.0974. The van der Waals surface area contributed by atoms with Crippen molar-refractivity contribution in [3.05, 3.63) is 58.5 Å². The maximum Gasteiger partial charge on any atom is 0.323 e. The molecule has 0 saturated heterocycles. The number of carbonyl (C=O) groups is 1. The zero-order chi connectivity index (χ0) is 16.4. The molecule has 0 saturated carbocycles. The second-order valence-corrected chi connectivity index (χ2v) is 5.63. The quantitative estimate of drug-likeness (QED) is 0.690. The van der Waals surface area contributed by atoms with Crippen LogP contribution in [0.25, 0.3) is 11.0 Å². The van der Waals surface area contributed by atoms with Gasteiger partial charge >= 0.3 is 5.69 Å². The summed E-state index contributed by atoms with van der Waals surface area (Å²) in [7, 11) is 3.93. The van der Waals surface area contributed by atoms with E-state index < -0.39 is 0 Å². The van der Waals surface area contributed by atoms with Crippen molar-refractivity contribution in [3.8, 4) is 0 Å². The van der Waals surface area contributed by atoms with Gasteiger partial charge in [0.05, 0.1) is 17.5 Å². The average molecular weight is 310 g/mol. The Bertz CT molecular complexity index is 891. The van der Waals surface area contributed by atoms with E-state index in [1.807, 2.05) is 55.4 Å². The summed E-state index contributed by atoms with van der Waals surface area (Å²) in [6.45, 7) is 0. The molecule has 1 amide bonds. The molecule has 2 aromatic carbocycles. The molecule has 0 fully saturated rings. The van der Waals surface area contributed by atoms with Crippen LogP contribution in [-0.2, 0) is 11.2 Å². The zero-order valence-electron chi connectivity index (χ0n) is 13.0. The minimum Gasteiger partial charge on any atom is -0.378 e. The number of amides is 1. The van der Waals surface area contributed by atoms with Crippen molar-refractivity contribution in [2.24, 2.45) is 0 Å². The number of anilines is 2. The first-order chi connectivity index (χ1) is 11.0. The fourth-order valence-corrected chi connectivity index (χ4v) is 2.42. The number of rotatable bonds is 4. The Morgan fingerprint density at radius 1 is 1.04 bits per heavy atom. The fraction of sp³-hybridized carbons (Fsp3) is 0.176. The molecule has 0 atom stereocenters. The van der Waals surface area contributed by atoms with E-state index in [9.17, 15) is 9.59 Å². The Labute approximate surface area is 133 Å². The van der Waals surface area contributed by atoms with Crippen LogP contribution >= 0.6 is 0 Å². The standard InChI is InChI=1S/C17H18N4O2/c1-21(2)13-6-4-12(5-7-13)18-16(22)10-11-3-8-14-15(9-11)20-17(23)19-14/h3-9H,10H2,1-2H3,(H,18,22)(H2,19,20,23). The van der Waals surface area contributed by atoms with E-state index in [-0.39, 0.29) is 18.0 Å². The van der Waals surface area contributed by atoms with Gasteiger partial charge in [-0.05, 0) is 42.0 Å². The first-order valence-corrected chi connectivity index (χ1v) is 7.29. The van der Waals surface area contributed by atoms with Gasteiger partial charge in [-0.15, -0.1) is 0 Å². The summed E-state index contributed by atoms with van der Waals surface area (Å²) in [4.78, 5) is 30.8. The van der Waals surface area contributed by atoms with Gasteiger partial charge < -0.3 is 20.2 Å². The molecule has 3 aromatic rings. The lowest BCUT2D eigenvalue weighted by Gasteiger charge is -2.13. The minimum atomic E-state index is -0.248. The summed E-state index contributed by atoms with van der Waals surface area (Å²) in [6.07, 6.45) is 0.249. The van der Waals surface area contributed by atoms with E-state index in [0.29, 0.717) is 5.52 Å². The Balaban J connectivity index is 1.69. The Hall–Kier alpha value is -3.02. The van der Waals surface area contributed by atoms with Crippen LogP contribution in [-0.4, -0.2) is 30.0 Å². The van der Waals surface area contributed by atoms with Crippen LogP contribution in [0.5, 0.6) is 0 Å². The van der Waals surface area contributed by atoms with Gasteiger partial charge in [0.25, 0.3) is 0 Å². The smallest absolute Gasteiger partial charge is 0.323 e. The van der Waals surface area contributed by atoms with E-state index in [1.165, 1.54) is 0 Å². The summed E-state index contributed by atoms with van der Waals surface area (Å²) < 4.78 is 0. The zero-order valence-corrected chi connectivity index (χ0v) is 13.0. The number of hydrogen-bond acceptors (Lipinski definition) is 3. The molecule has 0 radical (unpaired) electrons. The maximum atomic E-state index is 12.1. The van der Waals surface area contributed by atoms with E-state index >= 15 is 0 Å². The molecule has 3 N–H and O–H groups in total. The Morgan fingerprint density at radius 3 is 2.43 bits per heavy atom. The topological polar surface area (TPSA) is 81.0 Å². The molecule has 0 bridgehead atoms. The number of benzene rings is 2. The molecule has 0 unspecified atom stereocenters. The average Bonchev–Trinajstić information content (AvgIpc) is 2.87. The number of nitrogens with one attached hydrogen (secondary N) is 3. The highest BCUT2D eigenvalue weighted by atomic mass is 16.1. The third kappa shape index (κ3) is 3.42. The SMILES string of the molecule is CN(C)c1ccc(NC(=O)Cc2ccc3[nH]c(=O)[nH]c3c2)cc1. The molecule has 6 heteroatoms. The van der Waals surface area contributed by atoms with E-state index in [2.05, 4.69) is 15.3 Å². The highest BCUT2D eigenvalue weighted by Gasteiger charge is 2.06. The maximum absolute atomic E-state index is 12.1. The predicted octanol–water partition coefficient (Wildman–Crippen LogP) is 2.10. The fourth-order valence-electron chi connectivity index (χ4n) is 2.42.